The quantitative estimate of drug-likeness (QED) is 0.742. The molecule has 8 nitrogen and oxygen atoms in total. The molecule has 0 spiro atoms. The van der Waals surface area contributed by atoms with Crippen LogP contribution in [0.25, 0.3) is 5.69 Å². The summed E-state index contributed by atoms with van der Waals surface area (Å²) in [5, 5.41) is 4.15. The molecule has 4 rings (SSSR count). The molecule has 2 fully saturated rings. The Labute approximate surface area is 170 Å². The Balaban J connectivity index is 1.47. The summed E-state index contributed by atoms with van der Waals surface area (Å²) in [5.41, 5.74) is 0.625. The smallest absolute Gasteiger partial charge is 0.244 e. The van der Waals surface area contributed by atoms with Crippen molar-refractivity contribution in [3.8, 4) is 11.4 Å². The molecular weight excluding hydrogens is 392 g/mol. The Kier molecular flexibility index (Phi) is 5.60. The third-order valence-electron chi connectivity index (χ3n) is 5.77. The number of methoxy groups -OCH3 is 1. The van der Waals surface area contributed by atoms with E-state index in [0.29, 0.717) is 24.7 Å². The number of amides is 1. The maximum Gasteiger partial charge on any atom is 0.244 e. The van der Waals surface area contributed by atoms with Gasteiger partial charge in [-0.3, -0.25) is 4.79 Å². The number of carbonyl (C=O) groups is 1. The second-order valence-electron chi connectivity index (χ2n) is 7.69. The zero-order valence-corrected chi connectivity index (χ0v) is 17.3. The minimum Gasteiger partial charge on any atom is -0.495 e. The van der Waals surface area contributed by atoms with Crippen LogP contribution in [0.1, 0.15) is 32.1 Å². The average Bonchev–Trinajstić information content (AvgIpc) is 3.47. The third kappa shape index (κ3) is 4.16. The Bertz CT molecular complexity index is 968. The second-order valence-corrected chi connectivity index (χ2v) is 9.43. The summed E-state index contributed by atoms with van der Waals surface area (Å²) in [7, 11) is -2.36. The van der Waals surface area contributed by atoms with E-state index in [1.165, 1.54) is 7.11 Å². The summed E-state index contributed by atoms with van der Waals surface area (Å²) in [6, 6.07) is 7.00. The van der Waals surface area contributed by atoms with Gasteiger partial charge >= 0.3 is 0 Å². The Morgan fingerprint density at radius 1 is 1.28 bits per heavy atom. The number of nitrogens with zero attached hydrogens (tertiary/aromatic N) is 3. The summed E-state index contributed by atoms with van der Waals surface area (Å²) in [5.74, 6) is 0.390. The molecular formula is C20H26N4O4S. The molecule has 1 N–H and O–H groups in total. The van der Waals surface area contributed by atoms with Crippen molar-refractivity contribution in [1.82, 2.24) is 19.4 Å². The molecule has 9 heteroatoms. The molecule has 2 aliphatic rings. The van der Waals surface area contributed by atoms with Crippen LogP contribution in [0.2, 0.25) is 0 Å². The number of ether oxygens (including phenoxy) is 1. The number of benzene rings is 1. The van der Waals surface area contributed by atoms with E-state index >= 15 is 0 Å². The molecule has 1 aromatic heterocycles. The van der Waals surface area contributed by atoms with E-state index in [9.17, 15) is 13.2 Å². The lowest BCUT2D eigenvalue weighted by atomic mass is 10.1. The van der Waals surface area contributed by atoms with Gasteiger partial charge in [0, 0.05) is 37.9 Å². The van der Waals surface area contributed by atoms with Crippen LogP contribution < -0.4 is 9.46 Å². The maximum atomic E-state index is 13.0. The molecule has 156 valence electrons. The first kappa shape index (κ1) is 19.9. The molecule has 1 atom stereocenters. The minimum absolute atomic E-state index is 0.0156. The first-order chi connectivity index (χ1) is 14.0. The highest BCUT2D eigenvalue weighted by molar-refractivity contribution is 7.89. The van der Waals surface area contributed by atoms with Crippen molar-refractivity contribution in [2.45, 2.75) is 43.0 Å². The van der Waals surface area contributed by atoms with Crippen LogP contribution in [0.4, 0.5) is 0 Å². The van der Waals surface area contributed by atoms with E-state index in [0.717, 1.165) is 25.7 Å². The molecule has 1 aliphatic carbocycles. The van der Waals surface area contributed by atoms with Crippen LogP contribution >= 0.6 is 0 Å². The fourth-order valence-electron chi connectivity index (χ4n) is 4.26. The van der Waals surface area contributed by atoms with Gasteiger partial charge in [0.15, 0.2) is 0 Å². The van der Waals surface area contributed by atoms with Gasteiger partial charge in [-0.15, -0.1) is 0 Å². The number of likely N-dealkylation sites (tertiary alicyclic amines) is 1. The molecule has 2 heterocycles. The predicted octanol–water partition coefficient (Wildman–Crippen LogP) is 1.95. The standard InChI is InChI=1S/C20H26N4O4S/c1-28-18-8-7-17(24-10-4-9-21-24)12-19(18)29(26,27)22-13-15-11-20(25)23(14-15)16-5-2-3-6-16/h4,7-10,12,15-16,22H,2-3,5-6,11,13-14H2,1H3. The van der Waals surface area contributed by atoms with E-state index < -0.39 is 10.0 Å². The maximum absolute atomic E-state index is 13.0. The van der Waals surface area contributed by atoms with Gasteiger partial charge in [0.05, 0.1) is 12.8 Å². The van der Waals surface area contributed by atoms with Gasteiger partial charge in [0.1, 0.15) is 10.6 Å². The average molecular weight is 419 g/mol. The van der Waals surface area contributed by atoms with Gasteiger partial charge in [-0.2, -0.15) is 5.10 Å². The molecule has 1 unspecified atom stereocenters. The van der Waals surface area contributed by atoms with Crippen LogP contribution in [0.15, 0.2) is 41.6 Å². The Morgan fingerprint density at radius 2 is 2.07 bits per heavy atom. The van der Waals surface area contributed by atoms with Crippen molar-refractivity contribution in [3.05, 3.63) is 36.7 Å². The first-order valence-corrected chi connectivity index (χ1v) is 11.4. The van der Waals surface area contributed by atoms with Gasteiger partial charge in [-0.05, 0) is 43.0 Å². The van der Waals surface area contributed by atoms with Crippen LogP contribution in [-0.4, -0.2) is 55.2 Å². The van der Waals surface area contributed by atoms with E-state index in [-0.39, 0.29) is 29.0 Å². The molecule has 1 saturated heterocycles. The molecule has 2 aromatic rings. The predicted molar refractivity (Wildman–Crippen MR) is 107 cm³/mol. The number of aromatic nitrogens is 2. The van der Waals surface area contributed by atoms with Gasteiger partial charge in [-0.25, -0.2) is 17.8 Å². The minimum atomic E-state index is -3.80. The van der Waals surface area contributed by atoms with Crippen LogP contribution in [0.3, 0.4) is 0 Å². The zero-order chi connectivity index (χ0) is 20.4. The van der Waals surface area contributed by atoms with Crippen molar-refractivity contribution < 1.29 is 17.9 Å². The fourth-order valence-corrected chi connectivity index (χ4v) is 5.56. The summed E-state index contributed by atoms with van der Waals surface area (Å²) >= 11 is 0. The summed E-state index contributed by atoms with van der Waals surface area (Å²) in [6.07, 6.45) is 8.21. The zero-order valence-electron chi connectivity index (χ0n) is 16.5. The highest BCUT2D eigenvalue weighted by Crippen LogP contribution is 2.30. The van der Waals surface area contributed by atoms with Crippen molar-refractivity contribution in [2.24, 2.45) is 5.92 Å². The lowest BCUT2D eigenvalue weighted by Gasteiger charge is -2.24. The topological polar surface area (TPSA) is 93.5 Å². The summed E-state index contributed by atoms with van der Waals surface area (Å²) in [6.45, 7) is 0.850. The van der Waals surface area contributed by atoms with Crippen molar-refractivity contribution in [2.75, 3.05) is 20.2 Å². The Morgan fingerprint density at radius 3 is 2.76 bits per heavy atom. The van der Waals surface area contributed by atoms with E-state index in [1.54, 1.807) is 41.3 Å². The molecule has 29 heavy (non-hydrogen) atoms. The molecule has 1 aliphatic heterocycles. The highest BCUT2D eigenvalue weighted by atomic mass is 32.2. The molecule has 0 bridgehead atoms. The van der Waals surface area contributed by atoms with Crippen molar-refractivity contribution >= 4 is 15.9 Å². The van der Waals surface area contributed by atoms with E-state index in [2.05, 4.69) is 9.82 Å². The van der Waals surface area contributed by atoms with Gasteiger partial charge in [0.25, 0.3) is 0 Å². The van der Waals surface area contributed by atoms with E-state index in [4.69, 9.17) is 4.74 Å². The summed E-state index contributed by atoms with van der Waals surface area (Å²) < 4.78 is 35.5. The largest absolute Gasteiger partial charge is 0.495 e. The molecule has 1 amide bonds. The number of hydrogen-bond acceptors (Lipinski definition) is 5. The van der Waals surface area contributed by atoms with E-state index in [1.807, 2.05) is 4.90 Å². The molecule has 0 radical (unpaired) electrons. The molecule has 1 saturated carbocycles. The highest BCUT2D eigenvalue weighted by Gasteiger charge is 2.36. The molecule has 1 aromatic carbocycles. The second kappa shape index (κ2) is 8.16. The van der Waals surface area contributed by atoms with Crippen molar-refractivity contribution in [1.29, 1.82) is 0 Å². The summed E-state index contributed by atoms with van der Waals surface area (Å²) in [4.78, 5) is 14.4. The SMILES string of the molecule is COc1ccc(-n2cccn2)cc1S(=O)(=O)NCC1CC(=O)N(C2CCCC2)C1. The van der Waals surface area contributed by atoms with Crippen LogP contribution in [-0.2, 0) is 14.8 Å². The normalized spacial score (nSPS) is 20.5. The number of nitrogens with one attached hydrogen (secondary N) is 1. The van der Waals surface area contributed by atoms with Gasteiger partial charge in [0.2, 0.25) is 15.9 Å². The third-order valence-corrected chi connectivity index (χ3v) is 7.22. The van der Waals surface area contributed by atoms with Gasteiger partial charge in [-0.1, -0.05) is 12.8 Å². The van der Waals surface area contributed by atoms with Gasteiger partial charge < -0.3 is 9.64 Å². The fraction of sp³-hybridized carbons (Fsp3) is 0.500. The number of hydrogen-bond donors (Lipinski definition) is 1. The number of rotatable bonds is 7. The van der Waals surface area contributed by atoms with Crippen molar-refractivity contribution in [3.63, 3.8) is 0 Å². The number of carbonyl (C=O) groups excluding carboxylic acids is 1. The lowest BCUT2D eigenvalue weighted by molar-refractivity contribution is -0.129. The van der Waals surface area contributed by atoms with Crippen LogP contribution in [0.5, 0.6) is 5.75 Å². The number of sulfonamides is 1. The first-order valence-electron chi connectivity index (χ1n) is 9.95. The van der Waals surface area contributed by atoms with Crippen LogP contribution in [0, 0.1) is 5.92 Å². The Hall–Kier alpha value is -2.39. The lowest BCUT2D eigenvalue weighted by Crippen LogP contribution is -2.36. The monoisotopic (exact) mass is 418 g/mol.